The number of benzene rings is 2. The van der Waals surface area contributed by atoms with E-state index in [2.05, 4.69) is 9.97 Å². The van der Waals surface area contributed by atoms with Gasteiger partial charge in [0.15, 0.2) is 0 Å². The third-order valence-electron chi connectivity index (χ3n) is 2.92. The fourth-order valence-electron chi connectivity index (χ4n) is 2.04. The van der Waals surface area contributed by atoms with Gasteiger partial charge in [0.2, 0.25) is 5.95 Å². The van der Waals surface area contributed by atoms with Crippen LogP contribution in [-0.2, 0) is 0 Å². The van der Waals surface area contributed by atoms with Crippen molar-refractivity contribution in [3.63, 3.8) is 0 Å². The van der Waals surface area contributed by atoms with Crippen molar-refractivity contribution >= 4 is 22.7 Å². The van der Waals surface area contributed by atoms with E-state index in [9.17, 15) is 5.11 Å². The first-order valence-corrected chi connectivity index (χ1v) is 5.75. The second kappa shape index (κ2) is 4.13. The molecule has 1 aromatic heterocycles. The average Bonchev–Trinajstić information content (AvgIpc) is 2.38. The van der Waals surface area contributed by atoms with Gasteiger partial charge in [-0.3, -0.25) is 0 Å². The maximum absolute atomic E-state index is 9.51. The first-order valence-electron chi connectivity index (χ1n) is 5.75. The molecule has 5 heteroatoms. The Hall–Kier alpha value is -2.82. The quantitative estimate of drug-likeness (QED) is 0.616. The van der Waals surface area contributed by atoms with Gasteiger partial charge in [-0.1, -0.05) is 18.2 Å². The lowest BCUT2D eigenvalue weighted by atomic mass is 10.0. The van der Waals surface area contributed by atoms with Crippen molar-refractivity contribution in [3.05, 3.63) is 42.5 Å². The topological polar surface area (TPSA) is 98.0 Å². The zero-order valence-corrected chi connectivity index (χ0v) is 10.0. The lowest BCUT2D eigenvalue weighted by Crippen LogP contribution is -2.00. The Kier molecular flexibility index (Phi) is 2.45. The molecule has 1 heterocycles. The molecule has 0 aliphatic carbocycles. The van der Waals surface area contributed by atoms with Gasteiger partial charge in [0, 0.05) is 5.39 Å². The summed E-state index contributed by atoms with van der Waals surface area (Å²) in [4.78, 5) is 8.08. The number of phenolic OH excluding ortho intramolecular Hbond substituents is 1. The molecular formula is C14H12N4O. The van der Waals surface area contributed by atoms with Crippen LogP contribution in [0, 0.1) is 0 Å². The van der Waals surface area contributed by atoms with Crippen LogP contribution in [0.15, 0.2) is 42.5 Å². The molecule has 5 nitrogen and oxygen atoms in total. The zero-order valence-electron chi connectivity index (χ0n) is 10.0. The van der Waals surface area contributed by atoms with Crippen molar-refractivity contribution in [1.29, 1.82) is 0 Å². The van der Waals surface area contributed by atoms with E-state index in [0.29, 0.717) is 11.3 Å². The van der Waals surface area contributed by atoms with Crippen molar-refractivity contribution in [2.75, 3.05) is 11.5 Å². The molecule has 0 spiro atoms. The minimum Gasteiger partial charge on any atom is -0.508 e. The van der Waals surface area contributed by atoms with Crippen LogP contribution in [0.4, 0.5) is 11.8 Å². The molecule has 0 aliphatic rings. The van der Waals surface area contributed by atoms with Gasteiger partial charge in [-0.05, 0) is 35.4 Å². The Morgan fingerprint density at radius 1 is 0.895 bits per heavy atom. The number of nitrogens with zero attached hydrogens (tertiary/aromatic N) is 2. The summed E-state index contributed by atoms with van der Waals surface area (Å²) in [5.74, 6) is 0.735. The number of hydrogen-bond acceptors (Lipinski definition) is 5. The minimum atomic E-state index is 0.162. The minimum absolute atomic E-state index is 0.162. The second-order valence-corrected chi connectivity index (χ2v) is 4.25. The second-order valence-electron chi connectivity index (χ2n) is 4.25. The average molecular weight is 252 g/mol. The fourth-order valence-corrected chi connectivity index (χ4v) is 2.04. The summed E-state index contributed by atoms with van der Waals surface area (Å²) in [6, 6.07) is 12.6. The summed E-state index contributed by atoms with van der Waals surface area (Å²) < 4.78 is 0. The van der Waals surface area contributed by atoms with Crippen LogP contribution in [0.2, 0.25) is 0 Å². The van der Waals surface area contributed by atoms with Crippen molar-refractivity contribution in [1.82, 2.24) is 9.97 Å². The van der Waals surface area contributed by atoms with Crippen molar-refractivity contribution in [3.8, 4) is 16.9 Å². The maximum Gasteiger partial charge on any atom is 0.222 e. The third-order valence-corrected chi connectivity index (χ3v) is 2.92. The van der Waals surface area contributed by atoms with Gasteiger partial charge in [0.1, 0.15) is 11.6 Å². The Morgan fingerprint density at radius 2 is 1.68 bits per heavy atom. The number of fused-ring (bicyclic) bond motifs is 1. The largest absolute Gasteiger partial charge is 0.508 e. The molecule has 0 fully saturated rings. The molecular weight excluding hydrogens is 240 g/mol. The molecule has 0 atom stereocenters. The SMILES string of the molecule is Nc1nc(N)c2cc(-c3cccc(O)c3)ccc2n1. The highest BCUT2D eigenvalue weighted by atomic mass is 16.3. The van der Waals surface area contributed by atoms with Gasteiger partial charge < -0.3 is 16.6 Å². The molecule has 94 valence electrons. The summed E-state index contributed by atoms with van der Waals surface area (Å²) in [6.45, 7) is 0. The molecule has 0 bridgehead atoms. The standard InChI is InChI=1S/C14H12N4O/c15-13-11-7-9(8-2-1-3-10(19)6-8)4-5-12(11)17-14(16)18-13/h1-7,19H,(H4,15,16,17,18). The van der Waals surface area contributed by atoms with Crippen molar-refractivity contribution in [2.24, 2.45) is 0 Å². The first kappa shape index (κ1) is 11.3. The highest BCUT2D eigenvalue weighted by Gasteiger charge is 2.06. The fraction of sp³-hybridized carbons (Fsp3) is 0. The summed E-state index contributed by atoms with van der Waals surface area (Å²) in [7, 11) is 0. The number of nitrogens with two attached hydrogens (primary N) is 2. The van der Waals surface area contributed by atoms with Crippen LogP contribution in [0.5, 0.6) is 5.75 Å². The number of anilines is 2. The lowest BCUT2D eigenvalue weighted by Gasteiger charge is -2.06. The summed E-state index contributed by atoms with van der Waals surface area (Å²) in [5, 5.41) is 10.3. The Morgan fingerprint density at radius 3 is 2.47 bits per heavy atom. The molecule has 0 unspecified atom stereocenters. The number of rotatable bonds is 1. The number of nitrogen functional groups attached to an aromatic ring is 2. The highest BCUT2D eigenvalue weighted by molar-refractivity contribution is 5.92. The molecule has 0 radical (unpaired) electrons. The van der Waals surface area contributed by atoms with Gasteiger partial charge in [-0.25, -0.2) is 4.98 Å². The van der Waals surface area contributed by atoms with Crippen LogP contribution in [-0.4, -0.2) is 15.1 Å². The highest BCUT2D eigenvalue weighted by Crippen LogP contribution is 2.28. The molecule has 5 N–H and O–H groups in total. The normalized spacial score (nSPS) is 10.7. The van der Waals surface area contributed by atoms with Crippen LogP contribution in [0.1, 0.15) is 0 Å². The van der Waals surface area contributed by atoms with Gasteiger partial charge in [0.25, 0.3) is 0 Å². The Labute approximate surface area is 109 Å². The molecule has 0 aliphatic heterocycles. The molecule has 0 amide bonds. The summed E-state index contributed by atoms with van der Waals surface area (Å²) >= 11 is 0. The van der Waals surface area contributed by atoms with Gasteiger partial charge in [0.05, 0.1) is 5.52 Å². The Balaban J connectivity index is 2.22. The van der Waals surface area contributed by atoms with E-state index in [1.807, 2.05) is 24.3 Å². The van der Waals surface area contributed by atoms with E-state index in [-0.39, 0.29) is 11.7 Å². The smallest absolute Gasteiger partial charge is 0.222 e. The van der Waals surface area contributed by atoms with Crippen LogP contribution in [0.25, 0.3) is 22.0 Å². The van der Waals surface area contributed by atoms with E-state index in [0.717, 1.165) is 16.5 Å². The summed E-state index contributed by atoms with van der Waals surface area (Å²) in [5.41, 5.74) is 13.9. The molecule has 0 saturated heterocycles. The van der Waals surface area contributed by atoms with Gasteiger partial charge >= 0.3 is 0 Å². The molecule has 3 rings (SSSR count). The number of phenols is 1. The zero-order chi connectivity index (χ0) is 13.4. The van der Waals surface area contributed by atoms with E-state index in [1.165, 1.54) is 0 Å². The van der Waals surface area contributed by atoms with E-state index in [4.69, 9.17) is 11.5 Å². The predicted molar refractivity (Wildman–Crippen MR) is 75.5 cm³/mol. The van der Waals surface area contributed by atoms with E-state index < -0.39 is 0 Å². The maximum atomic E-state index is 9.51. The first-order chi connectivity index (χ1) is 9.13. The monoisotopic (exact) mass is 252 g/mol. The van der Waals surface area contributed by atoms with Crippen molar-refractivity contribution < 1.29 is 5.11 Å². The van der Waals surface area contributed by atoms with Crippen molar-refractivity contribution in [2.45, 2.75) is 0 Å². The van der Waals surface area contributed by atoms with Gasteiger partial charge in [-0.15, -0.1) is 0 Å². The molecule has 19 heavy (non-hydrogen) atoms. The predicted octanol–water partition coefficient (Wildman–Crippen LogP) is 2.17. The number of hydrogen-bond donors (Lipinski definition) is 3. The van der Waals surface area contributed by atoms with Crippen LogP contribution < -0.4 is 11.5 Å². The molecule has 0 saturated carbocycles. The molecule has 3 aromatic rings. The molecule has 2 aromatic carbocycles. The van der Waals surface area contributed by atoms with Crippen LogP contribution >= 0.6 is 0 Å². The van der Waals surface area contributed by atoms with Gasteiger partial charge in [-0.2, -0.15) is 4.98 Å². The third kappa shape index (κ3) is 2.01. The lowest BCUT2D eigenvalue weighted by molar-refractivity contribution is 0.475. The summed E-state index contributed by atoms with van der Waals surface area (Å²) in [6.07, 6.45) is 0. The van der Waals surface area contributed by atoms with Crippen LogP contribution in [0.3, 0.4) is 0 Å². The number of aromatic hydroxyl groups is 1. The number of aromatic nitrogens is 2. The van der Waals surface area contributed by atoms with E-state index >= 15 is 0 Å². The Bertz CT molecular complexity index is 770. The van der Waals surface area contributed by atoms with E-state index in [1.54, 1.807) is 18.2 Å².